The lowest BCUT2D eigenvalue weighted by molar-refractivity contribution is 0.154. The summed E-state index contributed by atoms with van der Waals surface area (Å²) in [4.78, 5) is 15.2. The summed E-state index contributed by atoms with van der Waals surface area (Å²) in [5, 5.41) is 0. The van der Waals surface area contributed by atoms with E-state index >= 15 is 0 Å². The Hall–Kier alpha value is -0.810. The van der Waals surface area contributed by atoms with Crippen molar-refractivity contribution >= 4 is 6.03 Å². The van der Waals surface area contributed by atoms with E-state index in [9.17, 15) is 4.79 Å². The minimum atomic E-state index is -0.286. The first kappa shape index (κ1) is 10.7. The first-order valence-electron chi connectivity index (χ1n) is 5.71. The molecule has 2 amide bonds. The molecule has 0 radical (unpaired) electrons. The standard InChI is InChI=1S/C10H20N4O/c11-8-1-4-13(5-2-8)9-3-6-14(7-9)10(12)15/h8-9H,1-7,11H2,(H2,12,15). The monoisotopic (exact) mass is 212 g/mol. The average molecular weight is 212 g/mol. The Kier molecular flexibility index (Phi) is 3.11. The number of carbonyl (C=O) groups excluding carboxylic acids is 1. The molecule has 2 aliphatic heterocycles. The Labute approximate surface area is 90.4 Å². The molecule has 2 rings (SSSR count). The van der Waals surface area contributed by atoms with E-state index in [0.717, 1.165) is 45.4 Å². The van der Waals surface area contributed by atoms with Crippen LogP contribution < -0.4 is 11.5 Å². The zero-order valence-corrected chi connectivity index (χ0v) is 9.06. The minimum Gasteiger partial charge on any atom is -0.351 e. The summed E-state index contributed by atoms with van der Waals surface area (Å²) in [6, 6.07) is 0.589. The SMILES string of the molecule is NC(=O)N1CCC(N2CCC(N)CC2)C1. The molecule has 0 aromatic rings. The largest absolute Gasteiger partial charge is 0.351 e. The fraction of sp³-hybridized carbons (Fsp3) is 0.900. The van der Waals surface area contributed by atoms with E-state index in [1.54, 1.807) is 4.90 Å². The van der Waals surface area contributed by atoms with Crippen molar-refractivity contribution in [2.24, 2.45) is 11.5 Å². The van der Waals surface area contributed by atoms with Crippen LogP contribution in [0, 0.1) is 0 Å². The highest BCUT2D eigenvalue weighted by Gasteiger charge is 2.30. The van der Waals surface area contributed by atoms with Gasteiger partial charge in [0.05, 0.1) is 0 Å². The van der Waals surface area contributed by atoms with Gasteiger partial charge in [0.25, 0.3) is 0 Å². The minimum absolute atomic E-state index is 0.286. The zero-order chi connectivity index (χ0) is 10.8. The van der Waals surface area contributed by atoms with Gasteiger partial charge in [-0.05, 0) is 32.4 Å². The van der Waals surface area contributed by atoms with E-state index in [0.29, 0.717) is 12.1 Å². The van der Waals surface area contributed by atoms with Gasteiger partial charge >= 0.3 is 6.03 Å². The summed E-state index contributed by atoms with van der Waals surface area (Å²) in [5.41, 5.74) is 11.1. The molecule has 0 aliphatic carbocycles. The highest BCUT2D eigenvalue weighted by molar-refractivity contribution is 5.72. The van der Waals surface area contributed by atoms with Crippen LogP contribution in [0.2, 0.25) is 0 Å². The predicted octanol–water partition coefficient (Wildman–Crippen LogP) is -0.437. The van der Waals surface area contributed by atoms with Gasteiger partial charge in [-0.1, -0.05) is 0 Å². The van der Waals surface area contributed by atoms with E-state index in [1.807, 2.05) is 0 Å². The maximum absolute atomic E-state index is 11.0. The van der Waals surface area contributed by atoms with Gasteiger partial charge in [-0.15, -0.1) is 0 Å². The number of hydrogen-bond donors (Lipinski definition) is 2. The van der Waals surface area contributed by atoms with Crippen molar-refractivity contribution in [3.8, 4) is 0 Å². The number of nitrogens with zero attached hydrogens (tertiary/aromatic N) is 2. The molecule has 2 heterocycles. The molecule has 2 saturated heterocycles. The smallest absolute Gasteiger partial charge is 0.314 e. The maximum atomic E-state index is 11.0. The number of likely N-dealkylation sites (tertiary alicyclic amines) is 2. The van der Waals surface area contributed by atoms with Crippen LogP contribution in [-0.4, -0.2) is 54.1 Å². The molecule has 5 nitrogen and oxygen atoms in total. The van der Waals surface area contributed by atoms with Gasteiger partial charge in [-0.3, -0.25) is 4.90 Å². The maximum Gasteiger partial charge on any atom is 0.314 e. The number of nitrogens with two attached hydrogens (primary N) is 2. The van der Waals surface area contributed by atoms with Gasteiger partial charge in [0.1, 0.15) is 0 Å². The van der Waals surface area contributed by atoms with Crippen molar-refractivity contribution in [1.82, 2.24) is 9.80 Å². The van der Waals surface area contributed by atoms with Crippen LogP contribution in [0.3, 0.4) is 0 Å². The van der Waals surface area contributed by atoms with Crippen LogP contribution in [0.4, 0.5) is 4.79 Å². The Balaban J connectivity index is 1.83. The van der Waals surface area contributed by atoms with Gasteiger partial charge in [-0.2, -0.15) is 0 Å². The number of amides is 2. The number of carbonyl (C=O) groups is 1. The van der Waals surface area contributed by atoms with E-state index in [-0.39, 0.29) is 6.03 Å². The van der Waals surface area contributed by atoms with Crippen molar-refractivity contribution in [1.29, 1.82) is 0 Å². The van der Waals surface area contributed by atoms with Crippen molar-refractivity contribution < 1.29 is 4.79 Å². The molecular weight excluding hydrogens is 192 g/mol. The Morgan fingerprint density at radius 1 is 1.13 bits per heavy atom. The van der Waals surface area contributed by atoms with Gasteiger partial charge in [0.15, 0.2) is 0 Å². The molecule has 1 atom stereocenters. The molecule has 0 spiro atoms. The molecule has 0 bridgehead atoms. The predicted molar refractivity (Wildman–Crippen MR) is 58.3 cm³/mol. The third kappa shape index (κ3) is 2.41. The number of urea groups is 1. The molecular formula is C10H20N4O. The quantitative estimate of drug-likeness (QED) is 0.619. The molecule has 4 N–H and O–H groups in total. The Morgan fingerprint density at radius 3 is 2.33 bits per heavy atom. The fourth-order valence-electron chi connectivity index (χ4n) is 2.52. The van der Waals surface area contributed by atoms with Crippen LogP contribution in [0.25, 0.3) is 0 Å². The van der Waals surface area contributed by atoms with Crippen LogP contribution in [0.1, 0.15) is 19.3 Å². The van der Waals surface area contributed by atoms with Crippen molar-refractivity contribution in [3.63, 3.8) is 0 Å². The normalized spacial score (nSPS) is 29.7. The molecule has 0 aromatic heterocycles. The third-order valence-corrected chi connectivity index (χ3v) is 3.57. The van der Waals surface area contributed by atoms with Crippen molar-refractivity contribution in [2.45, 2.75) is 31.3 Å². The zero-order valence-electron chi connectivity index (χ0n) is 9.06. The summed E-state index contributed by atoms with van der Waals surface area (Å²) >= 11 is 0. The van der Waals surface area contributed by atoms with Gasteiger partial charge in [-0.25, -0.2) is 4.79 Å². The van der Waals surface area contributed by atoms with Crippen LogP contribution in [0.5, 0.6) is 0 Å². The summed E-state index contributed by atoms with van der Waals surface area (Å²) in [5.74, 6) is 0. The van der Waals surface area contributed by atoms with Gasteiger partial charge in [0, 0.05) is 25.2 Å². The Bertz CT molecular complexity index is 238. The third-order valence-electron chi connectivity index (χ3n) is 3.57. The van der Waals surface area contributed by atoms with Crippen molar-refractivity contribution in [3.05, 3.63) is 0 Å². The summed E-state index contributed by atoms with van der Waals surface area (Å²) in [6.45, 7) is 3.74. The summed E-state index contributed by atoms with van der Waals surface area (Å²) < 4.78 is 0. The first-order valence-corrected chi connectivity index (χ1v) is 5.71. The number of piperidine rings is 1. The van der Waals surface area contributed by atoms with E-state index < -0.39 is 0 Å². The van der Waals surface area contributed by atoms with Gasteiger partial charge < -0.3 is 16.4 Å². The molecule has 0 aromatic carbocycles. The Morgan fingerprint density at radius 2 is 1.80 bits per heavy atom. The summed E-state index contributed by atoms with van der Waals surface area (Å²) in [7, 11) is 0. The summed E-state index contributed by atoms with van der Waals surface area (Å²) in [6.07, 6.45) is 3.21. The second-order valence-electron chi connectivity index (χ2n) is 4.60. The van der Waals surface area contributed by atoms with E-state index in [2.05, 4.69) is 4.90 Å². The van der Waals surface area contributed by atoms with Crippen LogP contribution in [0.15, 0.2) is 0 Å². The molecule has 86 valence electrons. The number of primary amides is 1. The topological polar surface area (TPSA) is 75.6 Å². The highest BCUT2D eigenvalue weighted by Crippen LogP contribution is 2.19. The lowest BCUT2D eigenvalue weighted by Gasteiger charge is -2.34. The molecule has 5 heteroatoms. The molecule has 2 aliphatic rings. The van der Waals surface area contributed by atoms with Gasteiger partial charge in [0.2, 0.25) is 0 Å². The van der Waals surface area contributed by atoms with Crippen LogP contribution >= 0.6 is 0 Å². The lowest BCUT2D eigenvalue weighted by atomic mass is 10.0. The second kappa shape index (κ2) is 4.37. The fourth-order valence-corrected chi connectivity index (χ4v) is 2.52. The van der Waals surface area contributed by atoms with Crippen molar-refractivity contribution in [2.75, 3.05) is 26.2 Å². The van der Waals surface area contributed by atoms with Crippen LogP contribution in [-0.2, 0) is 0 Å². The first-order chi connectivity index (χ1) is 7.16. The molecule has 2 fully saturated rings. The van der Waals surface area contributed by atoms with E-state index in [1.165, 1.54) is 0 Å². The molecule has 15 heavy (non-hydrogen) atoms. The number of hydrogen-bond acceptors (Lipinski definition) is 3. The molecule has 1 unspecified atom stereocenters. The highest BCUT2D eigenvalue weighted by atomic mass is 16.2. The van der Waals surface area contributed by atoms with E-state index in [4.69, 9.17) is 11.5 Å². The molecule has 0 saturated carbocycles. The second-order valence-corrected chi connectivity index (χ2v) is 4.60. The lowest BCUT2D eigenvalue weighted by Crippen LogP contribution is -2.46. The average Bonchev–Trinajstić information content (AvgIpc) is 2.68. The number of rotatable bonds is 1.